The lowest BCUT2D eigenvalue weighted by Gasteiger charge is -2.39. The van der Waals surface area contributed by atoms with Crippen LogP contribution in [0.4, 0.5) is 0 Å². The second-order valence-electron chi connectivity index (χ2n) is 7.45. The molecule has 2 heterocycles. The minimum absolute atomic E-state index is 0.0149. The zero-order valence-corrected chi connectivity index (χ0v) is 16.1. The molecule has 7 heteroatoms. The van der Waals surface area contributed by atoms with Gasteiger partial charge in [0.2, 0.25) is 11.8 Å². The van der Waals surface area contributed by atoms with Gasteiger partial charge in [0, 0.05) is 44.8 Å². The Balaban J connectivity index is 1.49. The van der Waals surface area contributed by atoms with E-state index in [1.165, 1.54) is 5.56 Å². The molecule has 27 heavy (non-hydrogen) atoms. The minimum Gasteiger partial charge on any atom is -0.496 e. The van der Waals surface area contributed by atoms with Gasteiger partial charge in [-0.1, -0.05) is 18.2 Å². The molecule has 7 nitrogen and oxygen atoms in total. The van der Waals surface area contributed by atoms with Crippen LogP contribution < -0.4 is 10.5 Å². The predicted octanol–water partition coefficient (Wildman–Crippen LogP) is 0.537. The topological polar surface area (TPSA) is 79.1 Å². The molecule has 0 radical (unpaired) electrons. The van der Waals surface area contributed by atoms with Crippen LogP contribution in [0.3, 0.4) is 0 Å². The van der Waals surface area contributed by atoms with E-state index in [2.05, 4.69) is 11.0 Å². The average Bonchev–Trinajstić information content (AvgIpc) is 2.68. The molecule has 2 saturated heterocycles. The number of amides is 2. The first kappa shape index (κ1) is 19.6. The quantitative estimate of drug-likeness (QED) is 0.786. The van der Waals surface area contributed by atoms with Crippen LogP contribution in [0.1, 0.15) is 18.4 Å². The third kappa shape index (κ3) is 5.20. The lowest BCUT2D eigenvalue weighted by molar-refractivity contribution is -0.139. The van der Waals surface area contributed by atoms with Gasteiger partial charge in [0.25, 0.3) is 0 Å². The second kappa shape index (κ2) is 9.19. The molecule has 2 aliphatic heterocycles. The summed E-state index contributed by atoms with van der Waals surface area (Å²) in [6.45, 7) is 5.80. The van der Waals surface area contributed by atoms with Crippen molar-refractivity contribution in [2.24, 2.45) is 11.7 Å². The van der Waals surface area contributed by atoms with Crippen molar-refractivity contribution in [2.75, 3.05) is 52.9 Å². The smallest absolute Gasteiger partial charge is 0.231 e. The number of ether oxygens (including phenoxy) is 1. The molecular weight excluding hydrogens is 344 g/mol. The Kier molecular flexibility index (Phi) is 6.68. The summed E-state index contributed by atoms with van der Waals surface area (Å²) >= 11 is 0. The van der Waals surface area contributed by atoms with E-state index in [0.29, 0.717) is 6.54 Å². The molecule has 1 aromatic carbocycles. The molecule has 3 rings (SSSR count). The highest BCUT2D eigenvalue weighted by Gasteiger charge is 2.31. The van der Waals surface area contributed by atoms with Gasteiger partial charge < -0.3 is 15.4 Å². The van der Waals surface area contributed by atoms with Gasteiger partial charge in [-0.3, -0.25) is 19.4 Å². The van der Waals surface area contributed by atoms with E-state index in [1.54, 1.807) is 7.11 Å². The number of nitrogens with zero attached hydrogens (tertiary/aromatic N) is 3. The van der Waals surface area contributed by atoms with Crippen molar-refractivity contribution in [1.82, 2.24) is 14.7 Å². The normalized spacial score (nSPS) is 21.8. The zero-order chi connectivity index (χ0) is 19.2. The largest absolute Gasteiger partial charge is 0.496 e. The molecule has 0 bridgehead atoms. The van der Waals surface area contributed by atoms with Crippen LogP contribution in [0.5, 0.6) is 5.75 Å². The molecule has 0 saturated carbocycles. The van der Waals surface area contributed by atoms with E-state index >= 15 is 0 Å². The number of nitrogens with two attached hydrogens (primary N) is 1. The van der Waals surface area contributed by atoms with E-state index in [-0.39, 0.29) is 24.3 Å². The van der Waals surface area contributed by atoms with E-state index in [4.69, 9.17) is 10.5 Å². The van der Waals surface area contributed by atoms with Crippen LogP contribution in [0.15, 0.2) is 24.3 Å². The number of methoxy groups -OCH3 is 1. The highest BCUT2D eigenvalue weighted by Crippen LogP contribution is 2.22. The maximum atomic E-state index is 12.9. The summed E-state index contributed by atoms with van der Waals surface area (Å²) in [5.74, 6) is 0.792. The number of piperazine rings is 1. The van der Waals surface area contributed by atoms with Gasteiger partial charge in [0.05, 0.1) is 19.6 Å². The summed E-state index contributed by atoms with van der Waals surface area (Å²) in [6, 6.07) is 8.07. The van der Waals surface area contributed by atoms with Gasteiger partial charge in [-0.05, 0) is 25.5 Å². The monoisotopic (exact) mass is 374 g/mol. The number of primary amides is 1. The molecule has 2 fully saturated rings. The molecule has 0 spiro atoms. The first-order valence-corrected chi connectivity index (χ1v) is 9.70. The standard InChI is InChI=1S/C20H30N4O3/c1-27-18-7-3-2-5-16(18)13-22-9-11-24(12-10-22)20(26)17-6-4-8-23(14-17)15-19(21)25/h2-3,5,7,17H,4,6,8-15H2,1H3,(H2,21,25)/t17-/m1/s1. The van der Waals surface area contributed by atoms with Gasteiger partial charge in [0.1, 0.15) is 5.75 Å². The number of hydrogen-bond donors (Lipinski definition) is 1. The van der Waals surface area contributed by atoms with Gasteiger partial charge in [-0.15, -0.1) is 0 Å². The van der Waals surface area contributed by atoms with Crippen LogP contribution in [0.25, 0.3) is 0 Å². The maximum Gasteiger partial charge on any atom is 0.231 e. The molecule has 148 valence electrons. The highest BCUT2D eigenvalue weighted by atomic mass is 16.5. The lowest BCUT2D eigenvalue weighted by Crippen LogP contribution is -2.52. The fraction of sp³-hybridized carbons (Fsp3) is 0.600. The third-order valence-corrected chi connectivity index (χ3v) is 5.50. The first-order valence-electron chi connectivity index (χ1n) is 9.70. The Morgan fingerprint density at radius 3 is 2.56 bits per heavy atom. The summed E-state index contributed by atoms with van der Waals surface area (Å²) in [4.78, 5) is 30.4. The fourth-order valence-corrected chi connectivity index (χ4v) is 4.08. The van der Waals surface area contributed by atoms with Gasteiger partial charge >= 0.3 is 0 Å². The van der Waals surface area contributed by atoms with Gasteiger partial charge in [-0.2, -0.15) is 0 Å². The third-order valence-electron chi connectivity index (χ3n) is 5.50. The number of para-hydroxylation sites is 1. The maximum absolute atomic E-state index is 12.9. The highest BCUT2D eigenvalue weighted by molar-refractivity contribution is 5.80. The van der Waals surface area contributed by atoms with Crippen LogP contribution in [-0.2, 0) is 16.1 Å². The van der Waals surface area contributed by atoms with Crippen molar-refractivity contribution in [3.63, 3.8) is 0 Å². The van der Waals surface area contributed by atoms with E-state index in [1.807, 2.05) is 28.0 Å². The summed E-state index contributed by atoms with van der Waals surface area (Å²) in [5, 5.41) is 0. The number of benzene rings is 1. The fourth-order valence-electron chi connectivity index (χ4n) is 4.08. The Labute approximate surface area is 161 Å². The molecule has 1 aromatic rings. The van der Waals surface area contributed by atoms with Crippen LogP contribution in [0, 0.1) is 5.92 Å². The Morgan fingerprint density at radius 2 is 1.85 bits per heavy atom. The molecule has 0 aromatic heterocycles. The first-order chi connectivity index (χ1) is 13.1. The van der Waals surface area contributed by atoms with Crippen LogP contribution in [0.2, 0.25) is 0 Å². The number of rotatable bonds is 6. The van der Waals surface area contributed by atoms with E-state index in [0.717, 1.165) is 57.9 Å². The molecule has 2 N–H and O–H groups in total. The lowest BCUT2D eigenvalue weighted by atomic mass is 9.96. The number of piperidine rings is 1. The average molecular weight is 374 g/mol. The molecular formula is C20H30N4O3. The van der Waals surface area contributed by atoms with Crippen molar-refractivity contribution in [3.8, 4) is 5.75 Å². The Bertz CT molecular complexity index is 658. The molecule has 1 atom stereocenters. The summed E-state index contributed by atoms with van der Waals surface area (Å²) in [6.07, 6.45) is 1.84. The number of likely N-dealkylation sites (tertiary alicyclic amines) is 1. The zero-order valence-electron chi connectivity index (χ0n) is 16.1. The Hall–Kier alpha value is -2.12. The van der Waals surface area contributed by atoms with Gasteiger partial charge in [0.15, 0.2) is 0 Å². The molecule has 0 aliphatic carbocycles. The van der Waals surface area contributed by atoms with Crippen molar-refractivity contribution in [1.29, 1.82) is 0 Å². The summed E-state index contributed by atoms with van der Waals surface area (Å²) in [7, 11) is 1.70. The van der Waals surface area contributed by atoms with Crippen molar-refractivity contribution < 1.29 is 14.3 Å². The van der Waals surface area contributed by atoms with Crippen molar-refractivity contribution in [3.05, 3.63) is 29.8 Å². The molecule has 2 amide bonds. The van der Waals surface area contributed by atoms with Crippen molar-refractivity contribution in [2.45, 2.75) is 19.4 Å². The number of carbonyl (C=O) groups is 2. The van der Waals surface area contributed by atoms with Crippen LogP contribution >= 0.6 is 0 Å². The van der Waals surface area contributed by atoms with Crippen molar-refractivity contribution >= 4 is 11.8 Å². The van der Waals surface area contributed by atoms with Crippen LogP contribution in [-0.4, -0.2) is 79.4 Å². The number of hydrogen-bond acceptors (Lipinski definition) is 5. The Morgan fingerprint density at radius 1 is 1.11 bits per heavy atom. The molecule has 2 aliphatic rings. The second-order valence-corrected chi connectivity index (χ2v) is 7.45. The van der Waals surface area contributed by atoms with E-state index < -0.39 is 0 Å². The SMILES string of the molecule is COc1ccccc1CN1CCN(C(=O)[C@@H]2CCCN(CC(N)=O)C2)CC1. The minimum atomic E-state index is -0.326. The van der Waals surface area contributed by atoms with E-state index in [9.17, 15) is 9.59 Å². The summed E-state index contributed by atoms with van der Waals surface area (Å²) in [5.41, 5.74) is 6.47. The number of carbonyl (C=O) groups excluding carboxylic acids is 2. The summed E-state index contributed by atoms with van der Waals surface area (Å²) < 4.78 is 5.43. The van der Waals surface area contributed by atoms with Gasteiger partial charge in [-0.25, -0.2) is 0 Å². The molecule has 0 unspecified atom stereocenters. The predicted molar refractivity (Wildman–Crippen MR) is 103 cm³/mol.